The Morgan fingerprint density at radius 2 is 2.12 bits per heavy atom. The maximum atomic E-state index is 12.6. The van der Waals surface area contributed by atoms with Crippen LogP contribution in [0.25, 0.3) is 0 Å². The number of halogens is 1. The zero-order valence-electron chi connectivity index (χ0n) is 14.4. The minimum Gasteiger partial charge on any atom is -0.492 e. The van der Waals surface area contributed by atoms with E-state index in [0.29, 0.717) is 6.61 Å². The Morgan fingerprint density at radius 3 is 2.77 bits per heavy atom. The predicted molar refractivity (Wildman–Crippen MR) is 98.5 cm³/mol. The molecule has 0 radical (unpaired) electrons. The largest absolute Gasteiger partial charge is 0.492 e. The first-order valence-electron chi connectivity index (χ1n) is 7.94. The molecule has 1 aromatic heterocycles. The van der Waals surface area contributed by atoms with Gasteiger partial charge in [-0.25, -0.2) is 8.42 Å². The lowest BCUT2D eigenvalue weighted by Crippen LogP contribution is -2.44. The van der Waals surface area contributed by atoms with Crippen molar-refractivity contribution in [1.29, 1.82) is 0 Å². The van der Waals surface area contributed by atoms with Gasteiger partial charge in [0.1, 0.15) is 10.6 Å². The molecule has 0 fully saturated rings. The molecule has 0 saturated heterocycles. The quantitative estimate of drug-likeness (QED) is 0.711. The lowest BCUT2D eigenvalue weighted by molar-refractivity contribution is -0.122. The minimum atomic E-state index is -4.00. The van der Waals surface area contributed by atoms with E-state index in [9.17, 15) is 13.2 Å². The molecule has 0 aliphatic heterocycles. The highest BCUT2D eigenvalue weighted by atomic mass is 35.5. The van der Waals surface area contributed by atoms with Gasteiger partial charge in [-0.05, 0) is 43.7 Å². The average molecular weight is 398 g/mol. The number of carbonyl (C=O) groups is 1. The summed E-state index contributed by atoms with van der Waals surface area (Å²) in [4.78, 5) is 16.0. The number of amides is 1. The molecular formula is C17H20ClN3O4S. The van der Waals surface area contributed by atoms with E-state index in [1.807, 2.05) is 6.07 Å². The molecule has 0 saturated carbocycles. The maximum absolute atomic E-state index is 12.6. The van der Waals surface area contributed by atoms with Crippen molar-refractivity contribution in [1.82, 2.24) is 15.0 Å². The number of sulfonamides is 1. The first-order chi connectivity index (χ1) is 12.3. The van der Waals surface area contributed by atoms with Crippen molar-refractivity contribution in [2.24, 2.45) is 0 Å². The Hall–Kier alpha value is -2.16. The smallest absolute Gasteiger partial charge is 0.245 e. The molecule has 1 amide bonds. The van der Waals surface area contributed by atoms with Gasteiger partial charge in [0, 0.05) is 24.0 Å². The highest BCUT2D eigenvalue weighted by molar-refractivity contribution is 7.89. The van der Waals surface area contributed by atoms with Gasteiger partial charge in [-0.3, -0.25) is 9.78 Å². The van der Waals surface area contributed by atoms with E-state index in [4.69, 9.17) is 16.3 Å². The molecule has 2 N–H and O–H groups in total. The molecule has 26 heavy (non-hydrogen) atoms. The van der Waals surface area contributed by atoms with Gasteiger partial charge in [0.05, 0.1) is 12.6 Å². The van der Waals surface area contributed by atoms with Crippen molar-refractivity contribution in [3.8, 4) is 5.75 Å². The van der Waals surface area contributed by atoms with Gasteiger partial charge in [-0.1, -0.05) is 17.7 Å². The summed E-state index contributed by atoms with van der Waals surface area (Å²) in [6.07, 6.45) is 3.25. The molecule has 7 nitrogen and oxygen atoms in total. The molecule has 140 valence electrons. The van der Waals surface area contributed by atoms with Crippen LogP contribution < -0.4 is 14.8 Å². The highest BCUT2D eigenvalue weighted by Gasteiger charge is 2.25. The average Bonchev–Trinajstić information content (AvgIpc) is 2.61. The highest BCUT2D eigenvalue weighted by Crippen LogP contribution is 2.27. The number of nitrogens with zero attached hydrogens (tertiary/aromatic N) is 1. The van der Waals surface area contributed by atoms with Crippen LogP contribution in [0.2, 0.25) is 5.02 Å². The number of carbonyl (C=O) groups excluding carboxylic acids is 1. The zero-order chi connectivity index (χ0) is 19.2. The molecule has 1 heterocycles. The predicted octanol–water partition coefficient (Wildman–Crippen LogP) is 2.12. The fourth-order valence-corrected chi connectivity index (χ4v) is 3.77. The standard InChI is InChI=1S/C17H20ClN3O4S/c1-3-25-15-7-6-14(18)9-16(15)26(23,24)21-12(2)17(22)20-11-13-5-4-8-19-10-13/h4-10,12,21H,3,11H2,1-2H3,(H,20,22). The second-order valence-electron chi connectivity index (χ2n) is 5.45. The molecule has 2 aromatic rings. The molecular weight excluding hydrogens is 378 g/mol. The van der Waals surface area contributed by atoms with Crippen molar-refractivity contribution in [2.45, 2.75) is 31.3 Å². The third-order valence-corrected chi connectivity index (χ3v) is 5.21. The molecule has 2 rings (SSSR count). The number of pyridine rings is 1. The van der Waals surface area contributed by atoms with E-state index in [0.717, 1.165) is 5.56 Å². The van der Waals surface area contributed by atoms with E-state index >= 15 is 0 Å². The van der Waals surface area contributed by atoms with Crippen molar-refractivity contribution in [3.05, 3.63) is 53.3 Å². The van der Waals surface area contributed by atoms with Gasteiger partial charge in [0.25, 0.3) is 0 Å². The summed E-state index contributed by atoms with van der Waals surface area (Å²) in [5.41, 5.74) is 0.810. The summed E-state index contributed by atoms with van der Waals surface area (Å²) in [5.74, 6) is -0.287. The van der Waals surface area contributed by atoms with Crippen LogP contribution >= 0.6 is 11.6 Å². The summed E-state index contributed by atoms with van der Waals surface area (Å²) >= 11 is 5.91. The van der Waals surface area contributed by atoms with Crippen LogP contribution in [-0.4, -0.2) is 32.0 Å². The normalized spacial score (nSPS) is 12.4. The summed E-state index contributed by atoms with van der Waals surface area (Å²) < 4.78 is 32.9. The number of hydrogen-bond donors (Lipinski definition) is 2. The third-order valence-electron chi connectivity index (χ3n) is 3.41. The topological polar surface area (TPSA) is 97.4 Å². The van der Waals surface area contributed by atoms with Crippen LogP contribution in [0.4, 0.5) is 0 Å². The van der Waals surface area contributed by atoms with Crippen LogP contribution in [0.3, 0.4) is 0 Å². The molecule has 0 aliphatic carbocycles. The van der Waals surface area contributed by atoms with Gasteiger partial charge < -0.3 is 10.1 Å². The fraction of sp³-hybridized carbons (Fsp3) is 0.294. The molecule has 1 unspecified atom stereocenters. The van der Waals surface area contributed by atoms with E-state index in [2.05, 4.69) is 15.0 Å². The molecule has 0 aliphatic rings. The van der Waals surface area contributed by atoms with E-state index in [1.54, 1.807) is 25.4 Å². The van der Waals surface area contributed by atoms with Crippen molar-refractivity contribution < 1.29 is 17.9 Å². The van der Waals surface area contributed by atoms with Crippen LogP contribution in [0, 0.1) is 0 Å². The molecule has 0 spiro atoms. The lowest BCUT2D eigenvalue weighted by Gasteiger charge is -2.16. The van der Waals surface area contributed by atoms with Gasteiger partial charge in [0.2, 0.25) is 15.9 Å². The number of hydrogen-bond acceptors (Lipinski definition) is 5. The van der Waals surface area contributed by atoms with Crippen molar-refractivity contribution >= 4 is 27.5 Å². The van der Waals surface area contributed by atoms with Gasteiger partial charge in [-0.15, -0.1) is 0 Å². The Bertz CT molecular complexity index is 860. The SMILES string of the molecule is CCOc1ccc(Cl)cc1S(=O)(=O)NC(C)C(=O)NCc1cccnc1. The van der Waals surface area contributed by atoms with Gasteiger partial charge in [-0.2, -0.15) is 4.72 Å². The molecule has 0 bridgehead atoms. The monoisotopic (exact) mass is 397 g/mol. The Balaban J connectivity index is 2.08. The van der Waals surface area contributed by atoms with Gasteiger partial charge in [0.15, 0.2) is 0 Å². The number of benzene rings is 1. The Morgan fingerprint density at radius 1 is 1.35 bits per heavy atom. The Labute approximate surface area is 157 Å². The number of ether oxygens (including phenoxy) is 1. The first-order valence-corrected chi connectivity index (χ1v) is 9.81. The lowest BCUT2D eigenvalue weighted by atomic mass is 10.2. The maximum Gasteiger partial charge on any atom is 0.245 e. The van der Waals surface area contributed by atoms with E-state index in [-0.39, 0.29) is 22.2 Å². The van der Waals surface area contributed by atoms with Crippen molar-refractivity contribution in [3.63, 3.8) is 0 Å². The number of nitrogens with one attached hydrogen (secondary N) is 2. The summed E-state index contributed by atoms with van der Waals surface area (Å²) in [7, 11) is -4.00. The zero-order valence-corrected chi connectivity index (χ0v) is 16.0. The first kappa shape index (κ1) is 20.2. The van der Waals surface area contributed by atoms with Gasteiger partial charge >= 0.3 is 0 Å². The minimum absolute atomic E-state index is 0.112. The summed E-state index contributed by atoms with van der Waals surface area (Å²) in [5, 5.41) is 2.91. The van der Waals surface area contributed by atoms with Crippen LogP contribution in [0.5, 0.6) is 5.75 Å². The second kappa shape index (κ2) is 8.98. The summed E-state index contributed by atoms with van der Waals surface area (Å²) in [6.45, 7) is 3.75. The van der Waals surface area contributed by atoms with Crippen LogP contribution in [0.15, 0.2) is 47.6 Å². The van der Waals surface area contributed by atoms with Crippen LogP contribution in [-0.2, 0) is 21.4 Å². The number of rotatable bonds is 8. The van der Waals surface area contributed by atoms with Crippen LogP contribution in [0.1, 0.15) is 19.4 Å². The fourth-order valence-electron chi connectivity index (χ4n) is 2.16. The second-order valence-corrected chi connectivity index (χ2v) is 7.56. The van der Waals surface area contributed by atoms with E-state index in [1.165, 1.54) is 25.1 Å². The van der Waals surface area contributed by atoms with Crippen molar-refractivity contribution in [2.75, 3.05) is 6.61 Å². The Kier molecular flexibility index (Phi) is 6.96. The molecule has 9 heteroatoms. The number of aromatic nitrogens is 1. The molecule has 1 aromatic carbocycles. The third kappa shape index (κ3) is 5.42. The summed E-state index contributed by atoms with van der Waals surface area (Å²) in [6, 6.07) is 6.88. The van der Waals surface area contributed by atoms with E-state index < -0.39 is 22.0 Å². The molecule has 1 atom stereocenters.